The molecule has 0 aliphatic heterocycles. The van der Waals surface area contributed by atoms with E-state index < -0.39 is 16.8 Å². The first-order chi connectivity index (χ1) is 10.7. The molecule has 2 aromatic carbocycles. The molecule has 0 radical (unpaired) electrons. The highest BCUT2D eigenvalue weighted by atomic mass is 35.6. The Morgan fingerprint density at radius 2 is 1.12 bits per heavy atom. The second-order valence-electron chi connectivity index (χ2n) is 4.90. The SMILES string of the molecule is Oc1cccc2c(C(Cl)(Cl)C(Cl)(Cl)C(Cl)(Cl)C(Cl)(Cl)Cl)cccc12. The van der Waals surface area contributed by atoms with Gasteiger partial charge in [0.05, 0.1) is 0 Å². The van der Waals surface area contributed by atoms with Gasteiger partial charge in [0.15, 0.2) is 8.67 Å². The highest BCUT2D eigenvalue weighted by Gasteiger charge is 2.68. The third-order valence-electron chi connectivity index (χ3n) is 3.38. The van der Waals surface area contributed by atoms with Crippen LogP contribution in [0.3, 0.4) is 0 Å². The maximum atomic E-state index is 9.99. The molecular weight excluding hydrogens is 503 g/mol. The molecule has 2 aromatic rings. The molecule has 0 spiro atoms. The van der Waals surface area contributed by atoms with E-state index in [-0.39, 0.29) is 11.3 Å². The molecule has 0 amide bonds. The molecule has 0 atom stereocenters. The average molecular weight is 510 g/mol. The Kier molecular flexibility index (Phi) is 6.18. The molecule has 24 heavy (non-hydrogen) atoms. The lowest BCUT2D eigenvalue weighted by Gasteiger charge is -2.44. The molecule has 1 N–H and O–H groups in total. The second-order valence-corrected chi connectivity index (χ2v) is 11.2. The zero-order valence-corrected chi connectivity index (χ0v) is 18.1. The van der Waals surface area contributed by atoms with Crippen molar-refractivity contribution < 1.29 is 5.11 Å². The van der Waals surface area contributed by atoms with E-state index in [2.05, 4.69) is 0 Å². The summed E-state index contributed by atoms with van der Waals surface area (Å²) in [5.74, 6) is 0.0117. The van der Waals surface area contributed by atoms with Crippen LogP contribution in [0.5, 0.6) is 5.75 Å². The van der Waals surface area contributed by atoms with E-state index in [9.17, 15) is 5.11 Å². The average Bonchev–Trinajstić information content (AvgIpc) is 2.45. The summed E-state index contributed by atoms with van der Waals surface area (Å²) in [6.45, 7) is 0. The molecule has 0 aromatic heterocycles. The van der Waals surface area contributed by atoms with E-state index in [1.807, 2.05) is 0 Å². The van der Waals surface area contributed by atoms with Crippen molar-refractivity contribution in [2.45, 2.75) is 16.8 Å². The number of phenols is 1. The highest BCUT2D eigenvalue weighted by molar-refractivity contribution is 6.80. The lowest BCUT2D eigenvalue weighted by atomic mass is 9.98. The van der Waals surface area contributed by atoms with E-state index in [1.165, 1.54) is 6.07 Å². The number of halogens is 9. The third kappa shape index (κ3) is 3.35. The molecule has 2 rings (SSSR count). The number of phenolic OH excluding ortho intramolecular Hbond substituents is 1. The fourth-order valence-electron chi connectivity index (χ4n) is 2.11. The van der Waals surface area contributed by atoms with Crippen molar-refractivity contribution in [3.8, 4) is 5.75 Å². The molecule has 0 saturated carbocycles. The van der Waals surface area contributed by atoms with Crippen LogP contribution in [0.25, 0.3) is 10.8 Å². The minimum Gasteiger partial charge on any atom is -0.507 e. The molecule has 10 heteroatoms. The molecular formula is C14H7Cl9O. The van der Waals surface area contributed by atoms with Gasteiger partial charge in [0.2, 0.25) is 8.13 Å². The Hall–Kier alpha value is 1.11. The van der Waals surface area contributed by atoms with Crippen molar-refractivity contribution in [3.63, 3.8) is 0 Å². The summed E-state index contributed by atoms with van der Waals surface area (Å²) >= 11 is 55.1. The number of aromatic hydroxyl groups is 1. The van der Waals surface area contributed by atoms with Gasteiger partial charge < -0.3 is 5.11 Å². The summed E-state index contributed by atoms with van der Waals surface area (Å²) in [5.41, 5.74) is 0.226. The van der Waals surface area contributed by atoms with Crippen molar-refractivity contribution in [1.82, 2.24) is 0 Å². The molecule has 0 unspecified atom stereocenters. The third-order valence-corrected chi connectivity index (χ3v) is 8.83. The second kappa shape index (κ2) is 6.93. The number of alkyl halides is 9. The van der Waals surface area contributed by atoms with Crippen molar-refractivity contribution in [2.24, 2.45) is 0 Å². The predicted octanol–water partition coefficient (Wildman–Crippen LogP) is 7.89. The fourth-order valence-corrected chi connectivity index (χ4v) is 4.40. The van der Waals surface area contributed by atoms with E-state index in [4.69, 9.17) is 104 Å². The monoisotopic (exact) mass is 506 g/mol. The Balaban J connectivity index is 2.73. The van der Waals surface area contributed by atoms with Crippen LogP contribution < -0.4 is 0 Å². The molecule has 0 heterocycles. The maximum absolute atomic E-state index is 9.99. The van der Waals surface area contributed by atoms with Gasteiger partial charge in [-0.05, 0) is 17.0 Å². The number of rotatable bonds is 3. The topological polar surface area (TPSA) is 20.2 Å². The van der Waals surface area contributed by atoms with Crippen LogP contribution in [0.4, 0.5) is 0 Å². The first kappa shape index (κ1) is 21.4. The molecule has 0 saturated heterocycles. The number of fused-ring (bicyclic) bond motifs is 1. The Bertz CT molecular complexity index is 764. The van der Waals surface area contributed by atoms with Gasteiger partial charge in [0.25, 0.3) is 0 Å². The van der Waals surface area contributed by atoms with Crippen molar-refractivity contribution in [2.75, 3.05) is 0 Å². The molecule has 0 aliphatic rings. The number of hydrogen-bond acceptors (Lipinski definition) is 1. The van der Waals surface area contributed by atoms with Gasteiger partial charge in [-0.25, -0.2) is 0 Å². The van der Waals surface area contributed by atoms with Crippen molar-refractivity contribution in [3.05, 3.63) is 42.0 Å². The van der Waals surface area contributed by atoms with Crippen LogP contribution >= 0.6 is 104 Å². The predicted molar refractivity (Wildman–Crippen MR) is 108 cm³/mol. The molecule has 0 fully saturated rings. The number of benzene rings is 2. The van der Waals surface area contributed by atoms with Gasteiger partial charge >= 0.3 is 0 Å². The summed E-state index contributed by atoms with van der Waals surface area (Å²) in [4.78, 5) is 0. The Morgan fingerprint density at radius 1 is 0.625 bits per heavy atom. The van der Waals surface area contributed by atoms with Crippen LogP contribution in [0, 0.1) is 0 Å². The summed E-state index contributed by atoms with van der Waals surface area (Å²) in [6.07, 6.45) is 0. The van der Waals surface area contributed by atoms with Gasteiger partial charge in [-0.1, -0.05) is 135 Å². The van der Waals surface area contributed by atoms with Crippen LogP contribution in [0.15, 0.2) is 36.4 Å². The fraction of sp³-hybridized carbons (Fsp3) is 0.286. The molecule has 132 valence electrons. The lowest BCUT2D eigenvalue weighted by molar-refractivity contribution is 0.481. The van der Waals surface area contributed by atoms with Crippen molar-refractivity contribution >= 4 is 115 Å². The molecule has 0 bridgehead atoms. The highest BCUT2D eigenvalue weighted by Crippen LogP contribution is 2.65. The minimum absolute atomic E-state index is 0.0117. The summed E-state index contributed by atoms with van der Waals surface area (Å²) in [5, 5.41) is 10.9. The summed E-state index contributed by atoms with van der Waals surface area (Å²) in [6, 6.07) is 9.56. The van der Waals surface area contributed by atoms with E-state index >= 15 is 0 Å². The largest absolute Gasteiger partial charge is 0.507 e. The normalized spacial score (nSPS) is 14.2. The molecule has 0 aliphatic carbocycles. The van der Waals surface area contributed by atoms with Crippen LogP contribution in [0.1, 0.15) is 5.56 Å². The lowest BCUT2D eigenvalue weighted by Crippen LogP contribution is -2.54. The van der Waals surface area contributed by atoms with Gasteiger partial charge in [-0.15, -0.1) is 0 Å². The first-order valence-corrected chi connectivity index (χ1v) is 9.56. The van der Waals surface area contributed by atoms with Crippen LogP contribution in [-0.2, 0) is 4.33 Å². The standard InChI is InChI=1S/C14H7Cl9O/c15-11(16,12(17,18)13(19,20)14(21,22)23)9-5-1-4-8-7(9)3-2-6-10(8)24/h1-6,24H. The van der Waals surface area contributed by atoms with Crippen molar-refractivity contribution in [1.29, 1.82) is 0 Å². The Morgan fingerprint density at radius 3 is 1.67 bits per heavy atom. The van der Waals surface area contributed by atoms with E-state index in [1.54, 1.807) is 30.3 Å². The van der Waals surface area contributed by atoms with E-state index in [0.717, 1.165) is 0 Å². The summed E-state index contributed by atoms with van der Waals surface area (Å²) in [7, 11) is 0. The molecule has 1 nitrogen and oxygen atoms in total. The number of hydrogen-bond donors (Lipinski definition) is 1. The van der Waals surface area contributed by atoms with Gasteiger partial charge in [0, 0.05) is 5.39 Å². The first-order valence-electron chi connectivity index (χ1n) is 6.16. The quantitative estimate of drug-likeness (QED) is 0.417. The van der Waals surface area contributed by atoms with Gasteiger partial charge in [-0.2, -0.15) is 0 Å². The van der Waals surface area contributed by atoms with Gasteiger partial charge in [-0.3, -0.25) is 0 Å². The van der Waals surface area contributed by atoms with E-state index in [0.29, 0.717) is 10.8 Å². The minimum atomic E-state index is -2.38. The Labute approximate surface area is 183 Å². The van der Waals surface area contributed by atoms with Crippen LogP contribution in [-0.4, -0.2) is 17.6 Å². The maximum Gasteiger partial charge on any atom is 0.226 e. The van der Waals surface area contributed by atoms with Crippen LogP contribution in [0.2, 0.25) is 0 Å². The zero-order valence-electron chi connectivity index (χ0n) is 11.3. The summed E-state index contributed by atoms with van der Waals surface area (Å²) < 4.78 is -9.13. The smallest absolute Gasteiger partial charge is 0.226 e. The zero-order chi connectivity index (χ0) is 18.6. The van der Waals surface area contributed by atoms with Gasteiger partial charge in [0.1, 0.15) is 5.75 Å².